The molecule has 58 valence electrons. The molecule has 1 unspecified atom stereocenters. The normalized spacial score (nSPS) is 30.4. The van der Waals surface area contributed by atoms with Crippen molar-refractivity contribution < 1.29 is 4.74 Å². The molecular weight excluding hydrogens is 126 g/mol. The van der Waals surface area contributed by atoms with Crippen LogP contribution in [0.3, 0.4) is 0 Å². The van der Waals surface area contributed by atoms with Crippen LogP contribution in [-0.4, -0.2) is 18.4 Å². The van der Waals surface area contributed by atoms with E-state index >= 15 is 0 Å². The Kier molecular flexibility index (Phi) is 2.11. The third-order valence-corrected chi connectivity index (χ3v) is 1.65. The molecular formula is C8H15NO. The summed E-state index contributed by atoms with van der Waals surface area (Å²) < 4.78 is 5.45. The van der Waals surface area contributed by atoms with E-state index in [1.807, 2.05) is 19.9 Å². The first kappa shape index (κ1) is 7.76. The molecule has 0 aromatic heterocycles. The van der Waals surface area contributed by atoms with E-state index < -0.39 is 0 Å². The summed E-state index contributed by atoms with van der Waals surface area (Å²) in [6.07, 6.45) is 2.91. The van der Waals surface area contributed by atoms with Crippen LogP contribution in [0.15, 0.2) is 12.7 Å². The minimum absolute atomic E-state index is 0.131. The third kappa shape index (κ3) is 1.82. The van der Waals surface area contributed by atoms with Crippen molar-refractivity contribution >= 4 is 0 Å². The second kappa shape index (κ2) is 2.72. The van der Waals surface area contributed by atoms with Gasteiger partial charge in [0, 0.05) is 6.04 Å². The lowest BCUT2D eigenvalue weighted by Gasteiger charge is -2.17. The fourth-order valence-corrected chi connectivity index (χ4v) is 1.21. The molecule has 2 heteroatoms. The largest absolute Gasteiger partial charge is 0.360 e. The standard InChI is InChI=1S/C8H15NO/c1-4-5-7-6-10-8(2,3)9-7/h4,7,9H,1,5-6H2,2-3H3. The van der Waals surface area contributed by atoms with Gasteiger partial charge in [-0.05, 0) is 20.3 Å². The van der Waals surface area contributed by atoms with Crippen LogP contribution < -0.4 is 5.32 Å². The zero-order valence-corrected chi connectivity index (χ0v) is 6.68. The predicted molar refractivity (Wildman–Crippen MR) is 41.8 cm³/mol. The Morgan fingerprint density at radius 1 is 1.80 bits per heavy atom. The van der Waals surface area contributed by atoms with Crippen molar-refractivity contribution in [3.63, 3.8) is 0 Å². The van der Waals surface area contributed by atoms with Gasteiger partial charge in [0.1, 0.15) is 5.72 Å². The molecule has 1 heterocycles. The second-order valence-electron chi connectivity index (χ2n) is 3.19. The van der Waals surface area contributed by atoms with Crippen LogP contribution in [-0.2, 0) is 4.74 Å². The molecule has 0 saturated carbocycles. The minimum atomic E-state index is -0.131. The van der Waals surface area contributed by atoms with Crippen molar-refractivity contribution in [3.05, 3.63) is 12.7 Å². The Morgan fingerprint density at radius 2 is 2.50 bits per heavy atom. The first-order valence-corrected chi connectivity index (χ1v) is 3.66. The van der Waals surface area contributed by atoms with E-state index in [0.717, 1.165) is 13.0 Å². The van der Waals surface area contributed by atoms with Crippen molar-refractivity contribution in [2.45, 2.75) is 32.0 Å². The number of hydrogen-bond donors (Lipinski definition) is 1. The molecule has 1 atom stereocenters. The molecule has 1 saturated heterocycles. The lowest BCUT2D eigenvalue weighted by Crippen LogP contribution is -2.38. The van der Waals surface area contributed by atoms with E-state index in [-0.39, 0.29) is 5.72 Å². The maximum atomic E-state index is 5.45. The number of ether oxygens (including phenoxy) is 1. The van der Waals surface area contributed by atoms with Gasteiger partial charge in [0.25, 0.3) is 0 Å². The quantitative estimate of drug-likeness (QED) is 0.585. The summed E-state index contributed by atoms with van der Waals surface area (Å²) in [6, 6.07) is 0.465. The van der Waals surface area contributed by atoms with Crippen LogP contribution in [0.1, 0.15) is 20.3 Å². The van der Waals surface area contributed by atoms with Crippen LogP contribution in [0.25, 0.3) is 0 Å². The highest BCUT2D eigenvalue weighted by Gasteiger charge is 2.29. The number of nitrogens with one attached hydrogen (secondary N) is 1. The molecule has 2 nitrogen and oxygen atoms in total. The van der Waals surface area contributed by atoms with Crippen LogP contribution in [0.2, 0.25) is 0 Å². The molecule has 0 aromatic rings. The van der Waals surface area contributed by atoms with Gasteiger partial charge in [-0.1, -0.05) is 6.08 Å². The average Bonchev–Trinajstić information content (AvgIpc) is 2.12. The van der Waals surface area contributed by atoms with Gasteiger partial charge < -0.3 is 4.74 Å². The lowest BCUT2D eigenvalue weighted by molar-refractivity contribution is 0.0231. The highest BCUT2D eigenvalue weighted by atomic mass is 16.5. The van der Waals surface area contributed by atoms with Crippen molar-refractivity contribution in [1.82, 2.24) is 5.32 Å². The van der Waals surface area contributed by atoms with E-state index in [4.69, 9.17) is 4.74 Å². The van der Waals surface area contributed by atoms with E-state index in [1.54, 1.807) is 0 Å². The first-order valence-electron chi connectivity index (χ1n) is 3.66. The van der Waals surface area contributed by atoms with Crippen molar-refractivity contribution in [3.8, 4) is 0 Å². The van der Waals surface area contributed by atoms with Crippen molar-refractivity contribution in [1.29, 1.82) is 0 Å². The van der Waals surface area contributed by atoms with Crippen molar-refractivity contribution in [2.75, 3.05) is 6.61 Å². The van der Waals surface area contributed by atoms with Gasteiger partial charge in [-0.25, -0.2) is 0 Å². The Bertz CT molecular complexity index is 131. The monoisotopic (exact) mass is 141 g/mol. The van der Waals surface area contributed by atoms with Crippen LogP contribution in [0, 0.1) is 0 Å². The molecule has 0 spiro atoms. The Hall–Kier alpha value is -0.340. The lowest BCUT2D eigenvalue weighted by atomic mass is 10.2. The zero-order valence-electron chi connectivity index (χ0n) is 6.68. The Labute approximate surface area is 62.3 Å². The predicted octanol–water partition coefficient (Wildman–Crippen LogP) is 1.29. The minimum Gasteiger partial charge on any atom is -0.360 e. The van der Waals surface area contributed by atoms with Gasteiger partial charge in [0.15, 0.2) is 0 Å². The summed E-state index contributed by atoms with van der Waals surface area (Å²) in [7, 11) is 0. The average molecular weight is 141 g/mol. The van der Waals surface area contributed by atoms with Gasteiger partial charge in [-0.3, -0.25) is 5.32 Å². The maximum absolute atomic E-state index is 5.45. The summed E-state index contributed by atoms with van der Waals surface area (Å²) in [5, 5.41) is 3.34. The van der Waals surface area contributed by atoms with Crippen LogP contribution in [0.4, 0.5) is 0 Å². The molecule has 10 heavy (non-hydrogen) atoms. The number of hydrogen-bond acceptors (Lipinski definition) is 2. The van der Waals surface area contributed by atoms with Gasteiger partial charge in [0.05, 0.1) is 6.61 Å². The fourth-order valence-electron chi connectivity index (χ4n) is 1.21. The summed E-state index contributed by atoms with van der Waals surface area (Å²) in [5.41, 5.74) is -0.131. The summed E-state index contributed by atoms with van der Waals surface area (Å²) in [4.78, 5) is 0. The number of rotatable bonds is 2. The third-order valence-electron chi connectivity index (χ3n) is 1.65. The van der Waals surface area contributed by atoms with Crippen LogP contribution >= 0.6 is 0 Å². The second-order valence-corrected chi connectivity index (χ2v) is 3.19. The molecule has 1 rings (SSSR count). The molecule has 0 aliphatic carbocycles. The van der Waals surface area contributed by atoms with E-state index in [0.29, 0.717) is 6.04 Å². The topological polar surface area (TPSA) is 21.3 Å². The molecule has 0 radical (unpaired) electrons. The van der Waals surface area contributed by atoms with Gasteiger partial charge >= 0.3 is 0 Å². The van der Waals surface area contributed by atoms with Gasteiger partial charge in [-0.15, -0.1) is 6.58 Å². The Balaban J connectivity index is 2.35. The molecule has 0 bridgehead atoms. The molecule has 1 aliphatic heterocycles. The molecule has 1 aliphatic rings. The van der Waals surface area contributed by atoms with Crippen molar-refractivity contribution in [2.24, 2.45) is 0 Å². The summed E-state index contributed by atoms with van der Waals surface area (Å²) >= 11 is 0. The summed E-state index contributed by atoms with van der Waals surface area (Å²) in [6.45, 7) is 8.56. The molecule has 0 amide bonds. The fraction of sp³-hybridized carbons (Fsp3) is 0.750. The van der Waals surface area contributed by atoms with E-state index in [1.165, 1.54) is 0 Å². The van der Waals surface area contributed by atoms with E-state index in [9.17, 15) is 0 Å². The van der Waals surface area contributed by atoms with Crippen LogP contribution in [0.5, 0.6) is 0 Å². The first-order chi connectivity index (χ1) is 4.64. The van der Waals surface area contributed by atoms with Gasteiger partial charge in [0.2, 0.25) is 0 Å². The Morgan fingerprint density at radius 3 is 2.90 bits per heavy atom. The smallest absolute Gasteiger partial charge is 0.113 e. The van der Waals surface area contributed by atoms with Gasteiger partial charge in [-0.2, -0.15) is 0 Å². The molecule has 1 fully saturated rings. The molecule has 1 N–H and O–H groups in total. The highest BCUT2D eigenvalue weighted by molar-refractivity contribution is 4.86. The summed E-state index contributed by atoms with van der Waals surface area (Å²) in [5.74, 6) is 0. The highest BCUT2D eigenvalue weighted by Crippen LogP contribution is 2.15. The van der Waals surface area contributed by atoms with E-state index in [2.05, 4.69) is 11.9 Å². The zero-order chi connectivity index (χ0) is 7.61. The molecule has 0 aromatic carbocycles. The SMILES string of the molecule is C=CCC1COC(C)(C)N1. The maximum Gasteiger partial charge on any atom is 0.113 e.